The van der Waals surface area contributed by atoms with Gasteiger partial charge in [-0.15, -0.1) is 15.6 Å². The van der Waals surface area contributed by atoms with E-state index in [4.69, 9.17) is 5.73 Å². The van der Waals surface area contributed by atoms with E-state index in [0.717, 1.165) is 16.7 Å². The third-order valence-electron chi connectivity index (χ3n) is 2.06. The lowest BCUT2D eigenvalue weighted by molar-refractivity contribution is -0.496. The molecule has 0 aliphatic heterocycles. The molecule has 0 unspecified atom stereocenters. The highest BCUT2D eigenvalue weighted by atomic mass is 15.4. The Morgan fingerprint density at radius 3 is 2.22 bits per heavy atom. The number of nitrogens with zero attached hydrogens (tertiary/aromatic N) is 2. The lowest BCUT2D eigenvalue weighted by Crippen LogP contribution is -2.80. The standard InChI is InChI=1S/C13H15N5/c1-4-10-6-11(5-2)8-12(7-10)9-16-18-13(14)17-15-3/h4-9H,1-3H2,(H3,14,17,18)/p+1. The van der Waals surface area contributed by atoms with Crippen LogP contribution in [0.1, 0.15) is 16.7 Å². The molecule has 5 heteroatoms. The first kappa shape index (κ1) is 13.4. The number of hydrazone groups is 1. The summed E-state index contributed by atoms with van der Waals surface area (Å²) in [5.41, 5.74) is 10.8. The number of hydrazine groups is 1. The van der Waals surface area contributed by atoms with Gasteiger partial charge >= 0.3 is 0 Å². The minimum absolute atomic E-state index is 0.130. The van der Waals surface area contributed by atoms with Crippen LogP contribution in [0.2, 0.25) is 0 Å². The monoisotopic (exact) mass is 242 g/mol. The van der Waals surface area contributed by atoms with E-state index < -0.39 is 0 Å². The highest BCUT2D eigenvalue weighted by Gasteiger charge is 1.95. The van der Waals surface area contributed by atoms with E-state index in [1.54, 1.807) is 18.4 Å². The fraction of sp³-hybridized carbons (Fsp3) is 0. The van der Waals surface area contributed by atoms with Crippen LogP contribution in [-0.2, 0) is 0 Å². The van der Waals surface area contributed by atoms with Crippen LogP contribution in [0.3, 0.4) is 0 Å². The molecule has 4 N–H and O–H groups in total. The van der Waals surface area contributed by atoms with Gasteiger partial charge in [0.15, 0.2) is 6.72 Å². The first-order chi connectivity index (χ1) is 8.69. The van der Waals surface area contributed by atoms with Crippen LogP contribution in [-0.4, -0.2) is 18.9 Å². The van der Waals surface area contributed by atoms with Crippen molar-refractivity contribution in [1.29, 1.82) is 0 Å². The summed E-state index contributed by atoms with van der Waals surface area (Å²) in [7, 11) is 0. The first-order valence-electron chi connectivity index (χ1n) is 5.24. The summed E-state index contributed by atoms with van der Waals surface area (Å²) in [6, 6.07) is 5.84. The molecular formula is C13H16N5+. The minimum Gasteiger partial charge on any atom is -0.364 e. The average molecular weight is 242 g/mol. The fourth-order valence-corrected chi connectivity index (χ4v) is 1.29. The quantitative estimate of drug-likeness (QED) is 0.383. The van der Waals surface area contributed by atoms with E-state index in [1.165, 1.54) is 0 Å². The maximum Gasteiger partial charge on any atom is 0.269 e. The molecule has 0 spiro atoms. The molecule has 92 valence electrons. The van der Waals surface area contributed by atoms with E-state index in [1.807, 2.05) is 18.2 Å². The Morgan fingerprint density at radius 1 is 1.17 bits per heavy atom. The maximum absolute atomic E-state index is 5.45. The van der Waals surface area contributed by atoms with Crippen LogP contribution >= 0.6 is 0 Å². The summed E-state index contributed by atoms with van der Waals surface area (Å²) in [5.74, 6) is 0.130. The first-order valence-corrected chi connectivity index (χ1v) is 5.24. The third-order valence-corrected chi connectivity index (χ3v) is 2.06. The number of hydrogen-bond donors (Lipinski definition) is 3. The molecule has 0 aliphatic carbocycles. The van der Waals surface area contributed by atoms with Crippen molar-refractivity contribution in [3.05, 3.63) is 48.0 Å². The van der Waals surface area contributed by atoms with E-state index >= 15 is 0 Å². The van der Waals surface area contributed by atoms with Crippen molar-refractivity contribution in [1.82, 2.24) is 5.43 Å². The van der Waals surface area contributed by atoms with Gasteiger partial charge in [0.1, 0.15) is 0 Å². The molecule has 0 heterocycles. The van der Waals surface area contributed by atoms with Crippen LogP contribution in [0, 0.1) is 0 Å². The molecule has 0 saturated carbocycles. The zero-order valence-electron chi connectivity index (χ0n) is 10.1. The van der Waals surface area contributed by atoms with E-state index in [-0.39, 0.29) is 5.96 Å². The topological polar surface area (TPSA) is 76.7 Å². The second kappa shape index (κ2) is 6.80. The number of nitrogens with one attached hydrogen (secondary N) is 2. The van der Waals surface area contributed by atoms with Crippen molar-refractivity contribution >= 4 is 31.0 Å². The van der Waals surface area contributed by atoms with Crippen LogP contribution in [0.5, 0.6) is 0 Å². The normalized spacial score (nSPS) is 11.2. The Balaban J connectivity index is 2.93. The summed E-state index contributed by atoms with van der Waals surface area (Å²) in [6.07, 6.45) is 5.12. The van der Waals surface area contributed by atoms with Gasteiger partial charge in [-0.25, -0.2) is 0 Å². The smallest absolute Gasteiger partial charge is 0.269 e. The average Bonchev–Trinajstić information content (AvgIpc) is 2.38. The van der Waals surface area contributed by atoms with Gasteiger partial charge in [-0.3, -0.25) is 0 Å². The molecular weight excluding hydrogens is 226 g/mol. The Hall–Kier alpha value is -2.69. The summed E-state index contributed by atoms with van der Waals surface area (Å²) in [5, 5.41) is 9.97. The number of benzene rings is 1. The zero-order valence-corrected chi connectivity index (χ0v) is 10.1. The number of nitrogens with two attached hydrogens (primary N) is 1. The highest BCUT2D eigenvalue weighted by molar-refractivity contribution is 5.83. The van der Waals surface area contributed by atoms with Crippen molar-refractivity contribution in [2.45, 2.75) is 0 Å². The second-order valence-electron chi connectivity index (χ2n) is 3.37. The summed E-state index contributed by atoms with van der Waals surface area (Å²) in [4.78, 5) is 0. The minimum atomic E-state index is 0.130. The van der Waals surface area contributed by atoms with Crippen molar-refractivity contribution < 1.29 is 5.10 Å². The van der Waals surface area contributed by atoms with Crippen molar-refractivity contribution in [3.8, 4) is 0 Å². The van der Waals surface area contributed by atoms with E-state index in [9.17, 15) is 0 Å². The molecule has 18 heavy (non-hydrogen) atoms. The highest BCUT2D eigenvalue weighted by Crippen LogP contribution is 2.11. The molecule has 0 radical (unpaired) electrons. The van der Waals surface area contributed by atoms with E-state index in [0.29, 0.717) is 0 Å². The molecule has 0 saturated heterocycles. The molecule has 0 fully saturated rings. The SMILES string of the molecule is C=Cc1cc(C=C)cc(C=N/N=C(\N)N[NH+]=C)c1. The van der Waals surface area contributed by atoms with Gasteiger partial charge in [-0.1, -0.05) is 25.3 Å². The van der Waals surface area contributed by atoms with Gasteiger partial charge in [0.05, 0.1) is 6.21 Å². The Bertz CT molecular complexity index is 488. The van der Waals surface area contributed by atoms with Gasteiger partial charge in [0.2, 0.25) is 0 Å². The van der Waals surface area contributed by atoms with E-state index in [2.05, 4.69) is 40.6 Å². The summed E-state index contributed by atoms with van der Waals surface area (Å²) >= 11 is 0. The molecule has 0 bridgehead atoms. The van der Waals surface area contributed by atoms with Crippen LogP contribution in [0.25, 0.3) is 12.2 Å². The zero-order chi connectivity index (χ0) is 13.4. The van der Waals surface area contributed by atoms with Gasteiger partial charge < -0.3 is 5.73 Å². The molecule has 5 nitrogen and oxygen atoms in total. The third kappa shape index (κ3) is 4.05. The molecule has 1 aromatic rings. The molecule has 0 atom stereocenters. The van der Waals surface area contributed by atoms with Gasteiger partial charge in [-0.2, -0.15) is 5.10 Å². The van der Waals surface area contributed by atoms with Gasteiger partial charge in [0, 0.05) is 0 Å². The van der Waals surface area contributed by atoms with Gasteiger partial charge in [0.25, 0.3) is 5.96 Å². The summed E-state index contributed by atoms with van der Waals surface area (Å²) < 4.78 is 0. The number of guanidine groups is 1. The number of hydrogen-bond acceptors (Lipinski definition) is 2. The fourth-order valence-electron chi connectivity index (χ4n) is 1.29. The van der Waals surface area contributed by atoms with Crippen molar-refractivity contribution in [3.63, 3.8) is 0 Å². The predicted molar refractivity (Wildman–Crippen MR) is 77.1 cm³/mol. The molecule has 0 amide bonds. The Kier molecular flexibility index (Phi) is 5.05. The largest absolute Gasteiger partial charge is 0.364 e. The Morgan fingerprint density at radius 2 is 1.72 bits per heavy atom. The second-order valence-corrected chi connectivity index (χ2v) is 3.37. The van der Waals surface area contributed by atoms with Crippen LogP contribution in [0.4, 0.5) is 0 Å². The maximum atomic E-state index is 5.45. The molecule has 0 aromatic heterocycles. The Labute approximate surface area is 106 Å². The number of rotatable bonds is 5. The van der Waals surface area contributed by atoms with Gasteiger partial charge in [-0.05, 0) is 34.9 Å². The lowest BCUT2D eigenvalue weighted by Gasteiger charge is -1.99. The van der Waals surface area contributed by atoms with Crippen molar-refractivity contribution in [2.24, 2.45) is 15.9 Å². The van der Waals surface area contributed by atoms with Crippen LogP contribution < -0.4 is 16.3 Å². The van der Waals surface area contributed by atoms with Crippen molar-refractivity contribution in [2.75, 3.05) is 0 Å². The predicted octanol–water partition coefficient (Wildman–Crippen LogP) is -0.0930. The lowest BCUT2D eigenvalue weighted by atomic mass is 10.1. The summed E-state index contributed by atoms with van der Waals surface area (Å²) in [6.45, 7) is 10.8. The molecule has 1 rings (SSSR count). The molecule has 0 aliphatic rings. The van der Waals surface area contributed by atoms with Crippen LogP contribution in [0.15, 0.2) is 41.6 Å². The molecule has 1 aromatic carbocycles.